The molecule has 0 spiro atoms. The van der Waals surface area contributed by atoms with Crippen molar-refractivity contribution in [2.24, 2.45) is 11.7 Å². The van der Waals surface area contributed by atoms with Crippen molar-refractivity contribution in [1.82, 2.24) is 29.5 Å². The minimum atomic E-state index is -3.84. The number of nitrogens with one attached hydrogen (secondary N) is 1. The van der Waals surface area contributed by atoms with Gasteiger partial charge in [-0.05, 0) is 40.5 Å². The highest BCUT2D eigenvalue weighted by Gasteiger charge is 2.32. The number of sulfonamides is 1. The number of para-hydroxylation sites is 1. The van der Waals surface area contributed by atoms with Gasteiger partial charge in [0.25, 0.3) is 0 Å². The molecule has 1 aliphatic heterocycles. The van der Waals surface area contributed by atoms with Crippen LogP contribution in [0, 0.1) is 5.92 Å². The molecule has 0 aliphatic carbocycles. The predicted molar refractivity (Wildman–Crippen MR) is 142 cm³/mol. The second-order valence-corrected chi connectivity index (χ2v) is 11.8. The third-order valence-corrected chi connectivity index (χ3v) is 8.79. The van der Waals surface area contributed by atoms with Crippen LogP contribution in [0.4, 0.5) is 5.82 Å². The fourth-order valence-corrected chi connectivity index (χ4v) is 6.24. The van der Waals surface area contributed by atoms with Crippen LogP contribution in [0.1, 0.15) is 19.7 Å². The Morgan fingerprint density at radius 3 is 2.50 bits per heavy atom. The largest absolute Gasteiger partial charge is 0.368 e. The van der Waals surface area contributed by atoms with Gasteiger partial charge in [-0.15, -0.1) is 0 Å². The Hall–Kier alpha value is -3.39. The molecule has 1 amide bonds. The number of nitrogens with two attached hydrogens (primary N) is 1. The lowest BCUT2D eigenvalue weighted by atomic mass is 10.0. The molecule has 2 aromatic carbocycles. The number of nitrogens with zero attached hydrogens (tertiary/aromatic N) is 6. The van der Waals surface area contributed by atoms with E-state index in [2.05, 4.69) is 20.5 Å². The summed E-state index contributed by atoms with van der Waals surface area (Å²) in [6, 6.07) is 9.85. The predicted octanol–water partition coefficient (Wildman–Crippen LogP) is 2.25. The molecular formula is C24H27ClN8O4S. The number of aromatic nitrogens is 4. The van der Waals surface area contributed by atoms with Crippen LogP contribution in [0.15, 0.2) is 45.9 Å². The van der Waals surface area contributed by atoms with Gasteiger partial charge < -0.3 is 11.1 Å². The molecule has 1 saturated heterocycles. The van der Waals surface area contributed by atoms with Gasteiger partial charge in [-0.1, -0.05) is 37.6 Å². The average Bonchev–Trinajstić information content (AvgIpc) is 3.38. The molecule has 2 aromatic heterocycles. The average molecular weight is 559 g/mol. The van der Waals surface area contributed by atoms with E-state index in [1.165, 1.54) is 16.4 Å². The number of carbonyl (C=O) groups excluding carboxylic acids is 1. The van der Waals surface area contributed by atoms with E-state index in [1.807, 2.05) is 38.1 Å². The summed E-state index contributed by atoms with van der Waals surface area (Å²) >= 11 is 6.09. The monoisotopic (exact) mass is 558 g/mol. The number of benzene rings is 2. The number of amides is 1. The normalized spacial score (nSPS) is 16.3. The quantitative estimate of drug-likeness (QED) is 0.328. The Kier molecular flexibility index (Phi) is 7.18. The first-order valence-electron chi connectivity index (χ1n) is 12.1. The van der Waals surface area contributed by atoms with Crippen LogP contribution >= 0.6 is 11.6 Å². The number of piperazine rings is 1. The summed E-state index contributed by atoms with van der Waals surface area (Å²) in [4.78, 5) is 23.5. The number of hydrogen-bond donors (Lipinski definition) is 2. The zero-order chi connectivity index (χ0) is 27.0. The van der Waals surface area contributed by atoms with E-state index in [4.69, 9.17) is 31.9 Å². The Morgan fingerprint density at radius 2 is 1.79 bits per heavy atom. The molecule has 3 N–H and O–H groups in total. The van der Waals surface area contributed by atoms with Crippen molar-refractivity contribution in [3.8, 4) is 0 Å². The molecule has 0 bridgehead atoms. The Labute approximate surface area is 224 Å². The summed E-state index contributed by atoms with van der Waals surface area (Å²) < 4.78 is 32.9. The Balaban J connectivity index is 1.33. The standard InChI is InChI=1S/C24H27ClN8O4S/c1-14(2)20(23(26)34)29-24-15-5-3-4-6-17(15)27-19(28-24)13-32-9-11-33(12-10-32)38(35,36)18-8-7-16(25)21-22(18)31-37-30-21/h3-8,14,20H,9-13H2,1-2H3,(H2,26,34)(H,27,28,29)/t20-/m0/s1. The van der Waals surface area contributed by atoms with E-state index in [0.717, 1.165) is 10.9 Å². The summed E-state index contributed by atoms with van der Waals surface area (Å²) in [6.07, 6.45) is 0. The van der Waals surface area contributed by atoms with Gasteiger partial charge in [0.2, 0.25) is 15.9 Å². The lowest BCUT2D eigenvalue weighted by Crippen LogP contribution is -2.48. The highest BCUT2D eigenvalue weighted by atomic mass is 35.5. The molecule has 1 aliphatic rings. The summed E-state index contributed by atoms with van der Waals surface area (Å²) in [5.74, 6) is 0.607. The van der Waals surface area contributed by atoms with E-state index >= 15 is 0 Å². The topological polar surface area (TPSA) is 160 Å². The molecule has 0 radical (unpaired) electrons. The van der Waals surface area contributed by atoms with Gasteiger partial charge in [-0.2, -0.15) is 4.31 Å². The third kappa shape index (κ3) is 5.01. The van der Waals surface area contributed by atoms with Crippen molar-refractivity contribution >= 4 is 55.3 Å². The van der Waals surface area contributed by atoms with Crippen molar-refractivity contribution in [2.75, 3.05) is 31.5 Å². The number of anilines is 1. The molecule has 1 atom stereocenters. The molecule has 14 heteroatoms. The van der Waals surface area contributed by atoms with Gasteiger partial charge in [0.1, 0.15) is 22.6 Å². The second-order valence-electron chi connectivity index (χ2n) is 9.46. The zero-order valence-corrected chi connectivity index (χ0v) is 22.4. The molecule has 5 rings (SSSR count). The molecule has 1 fully saturated rings. The van der Waals surface area contributed by atoms with Crippen LogP contribution in [0.3, 0.4) is 0 Å². The molecule has 3 heterocycles. The van der Waals surface area contributed by atoms with Crippen LogP contribution in [0.2, 0.25) is 5.02 Å². The first-order valence-corrected chi connectivity index (χ1v) is 13.9. The number of hydrogen-bond acceptors (Lipinski definition) is 10. The molecule has 200 valence electrons. The van der Waals surface area contributed by atoms with Gasteiger partial charge in [0.05, 0.1) is 17.1 Å². The lowest BCUT2D eigenvalue weighted by molar-refractivity contribution is -0.119. The van der Waals surface area contributed by atoms with E-state index < -0.39 is 22.0 Å². The minimum absolute atomic E-state index is 0.00864. The molecule has 38 heavy (non-hydrogen) atoms. The van der Waals surface area contributed by atoms with E-state index in [-0.39, 0.29) is 40.0 Å². The summed E-state index contributed by atoms with van der Waals surface area (Å²) in [6.45, 7) is 5.72. The van der Waals surface area contributed by atoms with Crippen LogP contribution < -0.4 is 11.1 Å². The SMILES string of the molecule is CC(C)[C@H](Nc1nc(CN2CCN(S(=O)(=O)c3ccc(Cl)c4nonc34)CC2)nc2ccccc12)C(N)=O. The lowest BCUT2D eigenvalue weighted by Gasteiger charge is -2.33. The summed E-state index contributed by atoms with van der Waals surface area (Å²) in [5.41, 5.74) is 6.67. The maximum atomic E-state index is 13.4. The molecule has 0 saturated carbocycles. The number of halogens is 1. The van der Waals surface area contributed by atoms with Crippen molar-refractivity contribution in [1.29, 1.82) is 0 Å². The highest BCUT2D eigenvalue weighted by Crippen LogP contribution is 2.29. The van der Waals surface area contributed by atoms with E-state index in [0.29, 0.717) is 31.3 Å². The van der Waals surface area contributed by atoms with Crippen molar-refractivity contribution in [3.05, 3.63) is 47.2 Å². The number of fused-ring (bicyclic) bond motifs is 2. The first-order chi connectivity index (χ1) is 18.1. The zero-order valence-electron chi connectivity index (χ0n) is 20.8. The second kappa shape index (κ2) is 10.4. The van der Waals surface area contributed by atoms with Gasteiger partial charge in [-0.3, -0.25) is 9.69 Å². The smallest absolute Gasteiger partial charge is 0.245 e. The Morgan fingerprint density at radius 1 is 1.08 bits per heavy atom. The molecule has 4 aromatic rings. The highest BCUT2D eigenvalue weighted by molar-refractivity contribution is 7.89. The maximum absolute atomic E-state index is 13.4. The summed E-state index contributed by atoms with van der Waals surface area (Å²) in [7, 11) is -3.84. The van der Waals surface area contributed by atoms with Crippen LogP contribution in [0.5, 0.6) is 0 Å². The van der Waals surface area contributed by atoms with Crippen molar-refractivity contribution < 1.29 is 17.8 Å². The molecular weight excluding hydrogens is 532 g/mol. The van der Waals surface area contributed by atoms with E-state index in [1.54, 1.807) is 0 Å². The van der Waals surface area contributed by atoms with E-state index in [9.17, 15) is 13.2 Å². The van der Waals surface area contributed by atoms with Gasteiger partial charge in [0.15, 0.2) is 11.0 Å². The minimum Gasteiger partial charge on any atom is -0.368 e. The van der Waals surface area contributed by atoms with Crippen LogP contribution in [-0.2, 0) is 21.4 Å². The molecule has 0 unspecified atom stereocenters. The Bertz CT molecular complexity index is 1600. The van der Waals surface area contributed by atoms with Crippen LogP contribution in [0.25, 0.3) is 21.9 Å². The fourth-order valence-electron chi connectivity index (χ4n) is 4.51. The van der Waals surface area contributed by atoms with Crippen LogP contribution in [-0.4, -0.2) is 76.0 Å². The first kappa shape index (κ1) is 26.2. The number of rotatable bonds is 8. The van der Waals surface area contributed by atoms with Gasteiger partial charge in [0, 0.05) is 31.6 Å². The summed E-state index contributed by atoms with van der Waals surface area (Å²) in [5, 5.41) is 11.7. The number of carbonyl (C=O) groups is 1. The molecule has 12 nitrogen and oxygen atoms in total. The maximum Gasteiger partial charge on any atom is 0.245 e. The fraction of sp³-hybridized carbons (Fsp3) is 0.375. The third-order valence-electron chi connectivity index (χ3n) is 6.56. The number of primary amides is 1. The van der Waals surface area contributed by atoms with Crippen molar-refractivity contribution in [3.63, 3.8) is 0 Å². The van der Waals surface area contributed by atoms with Gasteiger partial charge in [-0.25, -0.2) is 23.0 Å². The van der Waals surface area contributed by atoms with Crippen molar-refractivity contribution in [2.45, 2.75) is 31.3 Å². The van der Waals surface area contributed by atoms with Gasteiger partial charge >= 0.3 is 0 Å².